The molecule has 2 atom stereocenters. The van der Waals surface area contributed by atoms with E-state index in [2.05, 4.69) is 25.7 Å². The number of hydrogen-bond donors (Lipinski definition) is 2. The fourth-order valence-corrected chi connectivity index (χ4v) is 5.09. The van der Waals surface area contributed by atoms with Crippen molar-refractivity contribution in [3.8, 4) is 11.3 Å². The Morgan fingerprint density at radius 3 is 2.50 bits per heavy atom. The number of pyridine rings is 2. The second-order valence-electron chi connectivity index (χ2n) is 9.10. The first-order valence-corrected chi connectivity index (χ1v) is 11.4. The number of amides is 2. The molecule has 3 aromatic heterocycles. The molecule has 0 radical (unpaired) electrons. The number of carbonyl (C=O) groups excluding carboxylic acids is 1. The van der Waals surface area contributed by atoms with Crippen LogP contribution in [0.2, 0.25) is 0 Å². The second kappa shape index (κ2) is 8.86. The number of halogens is 3. The van der Waals surface area contributed by atoms with Crippen LogP contribution in [0.5, 0.6) is 0 Å². The average Bonchev–Trinajstić information content (AvgIpc) is 3.33. The summed E-state index contributed by atoms with van der Waals surface area (Å²) in [6, 6.07) is 3.58. The fraction of sp³-hybridized carbons (Fsp3) is 0.478. The van der Waals surface area contributed by atoms with Gasteiger partial charge in [-0.3, -0.25) is 15.0 Å². The molecular formula is C23H26F3N7O. The van der Waals surface area contributed by atoms with Crippen LogP contribution in [0.1, 0.15) is 32.1 Å². The molecule has 2 bridgehead atoms. The maximum absolute atomic E-state index is 13.1. The maximum Gasteiger partial charge on any atom is 0.390 e. The van der Waals surface area contributed by atoms with Gasteiger partial charge in [-0.2, -0.15) is 18.3 Å². The molecule has 2 aliphatic heterocycles. The van der Waals surface area contributed by atoms with Crippen LogP contribution in [-0.2, 0) is 7.05 Å². The number of fused-ring (bicyclic) bond motifs is 3. The van der Waals surface area contributed by atoms with E-state index in [0.29, 0.717) is 18.7 Å². The van der Waals surface area contributed by atoms with Crippen LogP contribution in [0.3, 0.4) is 0 Å². The standard InChI is InChI=1S/C23H26F3N7O/c1-32-13-16(12-30-32)20-6-14-7-21(29-11-15(14)10-28-20)31-22(34)33-18-2-3-19(33)9-17(8-18)27-5-4-23(24,25)26/h6-7,10-13,17-19,27H,2-5,8-9H2,1H3,(H,29,31,34). The summed E-state index contributed by atoms with van der Waals surface area (Å²) in [5, 5.41) is 11.9. The van der Waals surface area contributed by atoms with Gasteiger partial charge in [-0.05, 0) is 43.2 Å². The Morgan fingerprint density at radius 2 is 1.82 bits per heavy atom. The molecule has 3 aromatic rings. The zero-order valence-corrected chi connectivity index (χ0v) is 18.7. The first-order valence-electron chi connectivity index (χ1n) is 11.4. The molecule has 2 aliphatic rings. The van der Waals surface area contributed by atoms with Crippen LogP contribution in [0.15, 0.2) is 36.9 Å². The largest absolute Gasteiger partial charge is 0.390 e. The van der Waals surface area contributed by atoms with E-state index in [9.17, 15) is 18.0 Å². The molecule has 0 aromatic carbocycles. The van der Waals surface area contributed by atoms with E-state index in [-0.39, 0.29) is 30.7 Å². The van der Waals surface area contributed by atoms with Crippen molar-refractivity contribution in [2.24, 2.45) is 7.05 Å². The van der Waals surface area contributed by atoms with Gasteiger partial charge in [0.15, 0.2) is 0 Å². The molecule has 2 fully saturated rings. The van der Waals surface area contributed by atoms with Crippen molar-refractivity contribution in [3.05, 3.63) is 36.9 Å². The summed E-state index contributed by atoms with van der Waals surface area (Å²) in [5.41, 5.74) is 1.68. The summed E-state index contributed by atoms with van der Waals surface area (Å²) in [6.07, 6.45) is 5.10. The van der Waals surface area contributed by atoms with Crippen molar-refractivity contribution in [1.29, 1.82) is 0 Å². The van der Waals surface area contributed by atoms with Crippen LogP contribution in [0.4, 0.5) is 23.8 Å². The number of aromatic nitrogens is 4. The predicted octanol–water partition coefficient (Wildman–Crippen LogP) is 4.10. The third-order valence-corrected chi connectivity index (χ3v) is 6.65. The van der Waals surface area contributed by atoms with Crippen LogP contribution in [0.25, 0.3) is 22.0 Å². The Morgan fingerprint density at radius 1 is 1.09 bits per heavy atom. The first kappa shape index (κ1) is 22.6. The molecule has 34 heavy (non-hydrogen) atoms. The number of nitrogens with zero attached hydrogens (tertiary/aromatic N) is 5. The summed E-state index contributed by atoms with van der Waals surface area (Å²) >= 11 is 0. The van der Waals surface area contributed by atoms with Crippen molar-refractivity contribution in [2.75, 3.05) is 11.9 Å². The minimum Gasteiger partial charge on any atom is -0.318 e. The number of alkyl halides is 3. The lowest BCUT2D eigenvalue weighted by Crippen LogP contribution is -2.53. The molecule has 2 saturated heterocycles. The lowest BCUT2D eigenvalue weighted by atomic mass is 9.97. The Hall–Kier alpha value is -3.21. The highest BCUT2D eigenvalue weighted by Gasteiger charge is 2.43. The lowest BCUT2D eigenvalue weighted by Gasteiger charge is -2.39. The molecule has 5 heterocycles. The van der Waals surface area contributed by atoms with Gasteiger partial charge < -0.3 is 10.2 Å². The van der Waals surface area contributed by atoms with E-state index in [4.69, 9.17) is 0 Å². The van der Waals surface area contributed by atoms with Crippen LogP contribution >= 0.6 is 0 Å². The zero-order chi connectivity index (χ0) is 23.9. The molecule has 2 N–H and O–H groups in total. The topological polar surface area (TPSA) is 88.0 Å². The molecule has 0 spiro atoms. The van der Waals surface area contributed by atoms with E-state index in [1.807, 2.05) is 30.3 Å². The minimum absolute atomic E-state index is 0.00101. The van der Waals surface area contributed by atoms with Gasteiger partial charge in [-0.15, -0.1) is 0 Å². The summed E-state index contributed by atoms with van der Waals surface area (Å²) in [7, 11) is 1.84. The Labute approximate surface area is 194 Å². The number of hydrogen-bond acceptors (Lipinski definition) is 5. The first-order chi connectivity index (χ1) is 16.2. The third kappa shape index (κ3) is 4.84. The van der Waals surface area contributed by atoms with Gasteiger partial charge in [-0.25, -0.2) is 9.78 Å². The normalized spacial score (nSPS) is 22.4. The Balaban J connectivity index is 1.25. The smallest absolute Gasteiger partial charge is 0.318 e. The van der Waals surface area contributed by atoms with E-state index in [0.717, 1.165) is 34.9 Å². The number of aryl methyl sites for hydroxylation is 1. The van der Waals surface area contributed by atoms with Crippen LogP contribution in [-0.4, -0.2) is 61.5 Å². The molecule has 2 amide bonds. The van der Waals surface area contributed by atoms with Crippen molar-refractivity contribution < 1.29 is 18.0 Å². The van der Waals surface area contributed by atoms with E-state index in [1.165, 1.54) is 0 Å². The van der Waals surface area contributed by atoms with Crippen molar-refractivity contribution in [3.63, 3.8) is 0 Å². The van der Waals surface area contributed by atoms with Crippen molar-refractivity contribution in [2.45, 2.75) is 56.4 Å². The minimum atomic E-state index is -4.16. The van der Waals surface area contributed by atoms with Crippen molar-refractivity contribution in [1.82, 2.24) is 30.0 Å². The van der Waals surface area contributed by atoms with E-state index >= 15 is 0 Å². The van der Waals surface area contributed by atoms with E-state index < -0.39 is 12.6 Å². The van der Waals surface area contributed by atoms with Gasteiger partial charge in [0.05, 0.1) is 18.3 Å². The highest BCUT2D eigenvalue weighted by Crippen LogP contribution is 2.36. The quantitative estimate of drug-likeness (QED) is 0.583. The van der Waals surface area contributed by atoms with Gasteiger partial charge in [0.25, 0.3) is 0 Å². The molecule has 11 heteroatoms. The molecule has 180 valence electrons. The SMILES string of the molecule is Cn1cc(-c2cc3cc(NC(=O)N4C5CCC4CC(NCCC(F)(F)F)C5)ncc3cn2)cn1. The number of rotatable bonds is 5. The van der Waals surface area contributed by atoms with Crippen molar-refractivity contribution >= 4 is 22.6 Å². The fourth-order valence-electron chi connectivity index (χ4n) is 5.09. The maximum atomic E-state index is 13.1. The zero-order valence-electron chi connectivity index (χ0n) is 18.7. The number of urea groups is 1. The number of piperidine rings is 1. The van der Waals surface area contributed by atoms with Gasteiger partial charge in [0.1, 0.15) is 5.82 Å². The predicted molar refractivity (Wildman–Crippen MR) is 121 cm³/mol. The Kier molecular flexibility index (Phi) is 5.88. The van der Waals surface area contributed by atoms with E-state index in [1.54, 1.807) is 23.3 Å². The highest BCUT2D eigenvalue weighted by molar-refractivity contribution is 5.93. The second-order valence-corrected chi connectivity index (χ2v) is 9.10. The monoisotopic (exact) mass is 473 g/mol. The molecule has 5 rings (SSSR count). The average molecular weight is 474 g/mol. The van der Waals surface area contributed by atoms with Crippen LogP contribution < -0.4 is 10.6 Å². The van der Waals surface area contributed by atoms with Gasteiger partial charge >= 0.3 is 12.2 Å². The summed E-state index contributed by atoms with van der Waals surface area (Å²) in [4.78, 5) is 23.8. The highest BCUT2D eigenvalue weighted by atomic mass is 19.4. The summed E-state index contributed by atoms with van der Waals surface area (Å²) in [6.45, 7) is -0.0866. The van der Waals surface area contributed by atoms with Crippen LogP contribution in [0, 0.1) is 0 Å². The number of anilines is 1. The molecular weight excluding hydrogens is 447 g/mol. The number of nitrogens with one attached hydrogen (secondary N) is 2. The molecule has 0 aliphatic carbocycles. The van der Waals surface area contributed by atoms with Gasteiger partial charge in [0, 0.05) is 61.3 Å². The number of carbonyl (C=O) groups is 1. The summed E-state index contributed by atoms with van der Waals surface area (Å²) < 4.78 is 39.0. The molecule has 0 saturated carbocycles. The molecule has 8 nitrogen and oxygen atoms in total. The molecule has 2 unspecified atom stereocenters. The third-order valence-electron chi connectivity index (χ3n) is 6.65. The summed E-state index contributed by atoms with van der Waals surface area (Å²) in [5.74, 6) is 0.450. The lowest BCUT2D eigenvalue weighted by molar-refractivity contribution is -0.133. The van der Waals surface area contributed by atoms with Gasteiger partial charge in [0.2, 0.25) is 0 Å². The van der Waals surface area contributed by atoms with Gasteiger partial charge in [-0.1, -0.05) is 0 Å². The Bertz CT molecular complexity index is 1180.